The Bertz CT molecular complexity index is 1120. The van der Waals surface area contributed by atoms with Gasteiger partial charge >= 0.3 is 0 Å². The van der Waals surface area contributed by atoms with E-state index in [1.54, 1.807) is 24.3 Å². The topological polar surface area (TPSA) is 95.1 Å². The fraction of sp³-hybridized carbons (Fsp3) is 0.259. The zero-order valence-electron chi connectivity index (χ0n) is 20.5. The Labute approximate surface area is 205 Å². The van der Waals surface area contributed by atoms with Crippen LogP contribution in [0.1, 0.15) is 24.2 Å². The maximum absolute atomic E-state index is 13.0. The molecule has 0 aliphatic rings. The number of benzene rings is 3. The maximum atomic E-state index is 13.0. The number of hydrogen-bond donors (Lipinski definition) is 2. The lowest BCUT2D eigenvalue weighted by atomic mass is 10.0. The Hall–Kier alpha value is -4.20. The molecule has 0 aliphatic heterocycles. The van der Waals surface area contributed by atoms with Gasteiger partial charge in [-0.05, 0) is 54.4 Å². The number of amides is 2. The van der Waals surface area contributed by atoms with Crippen LogP contribution in [0.15, 0.2) is 66.7 Å². The van der Waals surface area contributed by atoms with Crippen LogP contribution in [0.5, 0.6) is 28.7 Å². The van der Waals surface area contributed by atoms with Gasteiger partial charge in [-0.15, -0.1) is 0 Å². The van der Waals surface area contributed by atoms with Crippen LogP contribution in [0.3, 0.4) is 0 Å². The summed E-state index contributed by atoms with van der Waals surface area (Å²) in [6, 6.07) is 18.7. The summed E-state index contributed by atoms with van der Waals surface area (Å²) in [5, 5.41) is 5.67. The number of ether oxygens (including phenoxy) is 4. The number of carbonyl (C=O) groups is 2. The lowest BCUT2D eigenvalue weighted by molar-refractivity contribution is -0.118. The van der Waals surface area contributed by atoms with Crippen LogP contribution in [0.4, 0.5) is 5.69 Å². The first kappa shape index (κ1) is 25.4. The molecule has 35 heavy (non-hydrogen) atoms. The van der Waals surface area contributed by atoms with Crippen molar-refractivity contribution < 1.29 is 28.5 Å². The van der Waals surface area contributed by atoms with E-state index < -0.39 is 11.9 Å². The molecule has 3 rings (SSSR count). The number of carbonyl (C=O) groups excluding carboxylic acids is 2. The number of para-hydroxylation sites is 1. The van der Waals surface area contributed by atoms with E-state index in [1.165, 1.54) is 33.5 Å². The van der Waals surface area contributed by atoms with Crippen molar-refractivity contribution in [3.8, 4) is 28.7 Å². The van der Waals surface area contributed by atoms with Crippen molar-refractivity contribution in [2.75, 3.05) is 26.6 Å². The van der Waals surface area contributed by atoms with E-state index in [-0.39, 0.29) is 17.4 Å². The molecule has 184 valence electrons. The van der Waals surface area contributed by atoms with Gasteiger partial charge in [0, 0.05) is 11.3 Å². The molecule has 0 fully saturated rings. The molecule has 0 aromatic heterocycles. The van der Waals surface area contributed by atoms with Gasteiger partial charge in [0.25, 0.3) is 5.91 Å². The third kappa shape index (κ3) is 6.44. The van der Waals surface area contributed by atoms with Gasteiger partial charge in [-0.3, -0.25) is 9.59 Å². The third-order valence-corrected chi connectivity index (χ3v) is 5.26. The van der Waals surface area contributed by atoms with Crippen molar-refractivity contribution in [2.24, 2.45) is 5.92 Å². The van der Waals surface area contributed by atoms with Gasteiger partial charge in [0.1, 0.15) is 17.5 Å². The van der Waals surface area contributed by atoms with Crippen LogP contribution in [0.25, 0.3) is 0 Å². The Balaban J connectivity index is 1.70. The number of hydrogen-bond acceptors (Lipinski definition) is 6. The average molecular weight is 479 g/mol. The maximum Gasteiger partial charge on any atom is 0.252 e. The lowest BCUT2D eigenvalue weighted by Crippen LogP contribution is -2.47. The van der Waals surface area contributed by atoms with E-state index in [1.807, 2.05) is 44.2 Å². The lowest BCUT2D eigenvalue weighted by Gasteiger charge is -2.22. The van der Waals surface area contributed by atoms with E-state index in [2.05, 4.69) is 10.6 Å². The van der Waals surface area contributed by atoms with Gasteiger partial charge in [-0.25, -0.2) is 0 Å². The van der Waals surface area contributed by atoms with Crippen molar-refractivity contribution in [2.45, 2.75) is 19.9 Å². The molecule has 0 bridgehead atoms. The predicted molar refractivity (Wildman–Crippen MR) is 134 cm³/mol. The molecule has 0 spiro atoms. The number of nitrogens with one attached hydrogen (secondary N) is 2. The second kappa shape index (κ2) is 11.8. The van der Waals surface area contributed by atoms with E-state index in [9.17, 15) is 9.59 Å². The van der Waals surface area contributed by atoms with Crippen LogP contribution in [0.2, 0.25) is 0 Å². The molecule has 2 amide bonds. The minimum Gasteiger partial charge on any atom is -0.493 e. The third-order valence-electron chi connectivity index (χ3n) is 5.26. The highest BCUT2D eigenvalue weighted by Gasteiger charge is 2.26. The first-order valence-electron chi connectivity index (χ1n) is 11.1. The molecule has 0 heterocycles. The molecule has 0 unspecified atom stereocenters. The average Bonchev–Trinajstić information content (AvgIpc) is 2.87. The summed E-state index contributed by atoms with van der Waals surface area (Å²) in [7, 11) is 4.43. The highest BCUT2D eigenvalue weighted by Crippen LogP contribution is 2.38. The van der Waals surface area contributed by atoms with Gasteiger partial charge < -0.3 is 29.6 Å². The Morgan fingerprint density at radius 1 is 0.771 bits per heavy atom. The molecule has 2 N–H and O–H groups in total. The fourth-order valence-electron chi connectivity index (χ4n) is 3.42. The zero-order chi connectivity index (χ0) is 25.4. The summed E-state index contributed by atoms with van der Waals surface area (Å²) in [5.74, 6) is 1.50. The van der Waals surface area contributed by atoms with Gasteiger partial charge in [-0.1, -0.05) is 32.0 Å². The van der Waals surface area contributed by atoms with Crippen LogP contribution in [-0.2, 0) is 4.79 Å². The van der Waals surface area contributed by atoms with E-state index in [4.69, 9.17) is 18.9 Å². The molecular weight excluding hydrogens is 448 g/mol. The van der Waals surface area contributed by atoms with Crippen molar-refractivity contribution in [1.82, 2.24) is 5.32 Å². The van der Waals surface area contributed by atoms with E-state index in [0.717, 1.165) is 5.75 Å². The second-order valence-electron chi connectivity index (χ2n) is 8.04. The quantitative estimate of drug-likeness (QED) is 0.431. The molecule has 0 saturated carbocycles. The summed E-state index contributed by atoms with van der Waals surface area (Å²) in [4.78, 5) is 26.0. The molecule has 0 aliphatic carbocycles. The minimum absolute atomic E-state index is 0.165. The number of methoxy groups -OCH3 is 3. The summed E-state index contributed by atoms with van der Waals surface area (Å²) in [6.45, 7) is 3.72. The monoisotopic (exact) mass is 478 g/mol. The van der Waals surface area contributed by atoms with Crippen molar-refractivity contribution in [3.05, 3.63) is 72.3 Å². The SMILES string of the molecule is COc1cc(C(=O)N[C@H](C(=O)Nc2ccc(Oc3ccccc3)cc2)C(C)C)cc(OC)c1OC. The van der Waals surface area contributed by atoms with Crippen LogP contribution < -0.4 is 29.6 Å². The van der Waals surface area contributed by atoms with E-state index in [0.29, 0.717) is 28.7 Å². The van der Waals surface area contributed by atoms with Gasteiger partial charge in [0.15, 0.2) is 11.5 Å². The fourth-order valence-corrected chi connectivity index (χ4v) is 3.42. The van der Waals surface area contributed by atoms with Gasteiger partial charge in [0.2, 0.25) is 11.7 Å². The molecule has 8 heteroatoms. The highest BCUT2D eigenvalue weighted by molar-refractivity contribution is 6.01. The second-order valence-corrected chi connectivity index (χ2v) is 8.04. The summed E-state index contributed by atoms with van der Waals surface area (Å²) < 4.78 is 21.7. The van der Waals surface area contributed by atoms with Crippen LogP contribution in [0, 0.1) is 5.92 Å². The summed E-state index contributed by atoms with van der Waals surface area (Å²) in [5.41, 5.74) is 0.864. The Morgan fingerprint density at radius 3 is 1.86 bits per heavy atom. The molecule has 8 nitrogen and oxygen atoms in total. The highest BCUT2D eigenvalue weighted by atomic mass is 16.5. The Kier molecular flexibility index (Phi) is 8.56. The smallest absolute Gasteiger partial charge is 0.252 e. The number of anilines is 1. The van der Waals surface area contributed by atoms with Crippen LogP contribution in [-0.4, -0.2) is 39.2 Å². The minimum atomic E-state index is -0.776. The van der Waals surface area contributed by atoms with Crippen molar-refractivity contribution in [1.29, 1.82) is 0 Å². The molecule has 3 aromatic carbocycles. The standard InChI is InChI=1S/C27H30N2O6/c1-17(2)24(29-26(30)18-15-22(32-3)25(34-5)23(16-18)33-4)27(31)28-19-11-13-21(14-12-19)35-20-9-7-6-8-10-20/h6-17,24H,1-5H3,(H,28,31)(H,29,30)/t24-/m0/s1. The van der Waals surface area contributed by atoms with E-state index >= 15 is 0 Å². The summed E-state index contributed by atoms with van der Waals surface area (Å²) >= 11 is 0. The van der Waals surface area contributed by atoms with Gasteiger partial charge in [-0.2, -0.15) is 0 Å². The largest absolute Gasteiger partial charge is 0.493 e. The summed E-state index contributed by atoms with van der Waals surface area (Å²) in [6.07, 6.45) is 0. The zero-order valence-corrected chi connectivity index (χ0v) is 20.5. The van der Waals surface area contributed by atoms with Crippen molar-refractivity contribution >= 4 is 17.5 Å². The predicted octanol–water partition coefficient (Wildman–Crippen LogP) is 4.90. The first-order valence-corrected chi connectivity index (χ1v) is 11.1. The molecule has 0 saturated heterocycles. The Morgan fingerprint density at radius 2 is 1.34 bits per heavy atom. The first-order chi connectivity index (χ1) is 16.9. The van der Waals surface area contributed by atoms with Crippen LogP contribution >= 0.6 is 0 Å². The molecular formula is C27H30N2O6. The molecule has 0 radical (unpaired) electrons. The normalized spacial score (nSPS) is 11.4. The van der Waals surface area contributed by atoms with Gasteiger partial charge in [0.05, 0.1) is 21.3 Å². The number of rotatable bonds is 10. The molecule has 3 aromatic rings. The molecule has 1 atom stereocenters. The van der Waals surface area contributed by atoms with Crippen molar-refractivity contribution in [3.63, 3.8) is 0 Å².